The van der Waals surface area contributed by atoms with E-state index in [1.165, 1.54) is 29.5 Å². The summed E-state index contributed by atoms with van der Waals surface area (Å²) in [6.45, 7) is 4.20. The fraction of sp³-hybridized carbons (Fsp3) is 0.533. The maximum Gasteiger partial charge on any atom is 0.150 e. The summed E-state index contributed by atoms with van der Waals surface area (Å²) >= 11 is 1.85. The highest BCUT2D eigenvalue weighted by atomic mass is 32.2. The minimum absolute atomic E-state index is 0.253. The first-order chi connectivity index (χ1) is 8.18. The number of carbonyl (C=O) groups is 1. The van der Waals surface area contributed by atoms with Gasteiger partial charge >= 0.3 is 0 Å². The first-order valence-corrected chi connectivity index (χ1v) is 7.43. The van der Waals surface area contributed by atoms with Gasteiger partial charge in [-0.1, -0.05) is 24.6 Å². The van der Waals surface area contributed by atoms with Crippen LogP contribution in [0.25, 0.3) is 0 Å². The van der Waals surface area contributed by atoms with Crippen molar-refractivity contribution >= 4 is 17.5 Å². The van der Waals surface area contributed by atoms with E-state index in [0.717, 1.165) is 12.2 Å². The summed E-state index contributed by atoms with van der Waals surface area (Å²) in [7, 11) is 0. The molecule has 1 fully saturated rings. The third kappa shape index (κ3) is 3.12. The number of Topliss-reactive ketones (excluding diaryl/α,β-unsaturated/α-hetero) is 1. The number of benzene rings is 1. The number of carbonyl (C=O) groups excluding carboxylic acids is 1. The Hall–Kier alpha value is -0.760. The molecule has 0 spiro atoms. The largest absolute Gasteiger partial charge is 0.298 e. The number of aryl methyl sites for hydroxylation is 2. The van der Waals surface area contributed by atoms with Gasteiger partial charge < -0.3 is 0 Å². The van der Waals surface area contributed by atoms with E-state index >= 15 is 0 Å². The fourth-order valence-electron chi connectivity index (χ4n) is 2.41. The van der Waals surface area contributed by atoms with E-state index in [1.54, 1.807) is 0 Å². The van der Waals surface area contributed by atoms with Gasteiger partial charge in [0, 0.05) is 6.42 Å². The van der Waals surface area contributed by atoms with Crippen LogP contribution in [0.2, 0.25) is 0 Å². The van der Waals surface area contributed by atoms with Crippen LogP contribution >= 0.6 is 11.8 Å². The van der Waals surface area contributed by atoms with Gasteiger partial charge in [0.1, 0.15) is 5.78 Å². The summed E-state index contributed by atoms with van der Waals surface area (Å²) < 4.78 is 0. The number of thioether (sulfide) groups is 1. The standard InChI is InChI=1S/C15H20OS/c1-11-6-5-7-12(2)13(11)10-14(16)15-8-3-4-9-17-15/h5-7,15H,3-4,8-10H2,1-2H3. The van der Waals surface area contributed by atoms with Gasteiger partial charge in [-0.05, 0) is 49.1 Å². The average Bonchev–Trinajstić information content (AvgIpc) is 2.35. The van der Waals surface area contributed by atoms with Crippen LogP contribution in [0.4, 0.5) is 0 Å². The molecule has 1 nitrogen and oxygen atoms in total. The van der Waals surface area contributed by atoms with Crippen molar-refractivity contribution in [1.29, 1.82) is 0 Å². The normalized spacial score (nSPS) is 20.2. The van der Waals surface area contributed by atoms with Crippen LogP contribution in [0, 0.1) is 13.8 Å². The Kier molecular flexibility index (Phi) is 4.27. The molecule has 1 saturated heterocycles. The van der Waals surface area contributed by atoms with E-state index in [4.69, 9.17) is 0 Å². The maximum absolute atomic E-state index is 12.3. The predicted molar refractivity (Wildman–Crippen MR) is 74.7 cm³/mol. The molecule has 0 aliphatic carbocycles. The molecule has 0 amide bonds. The molecule has 0 N–H and O–H groups in total. The van der Waals surface area contributed by atoms with Gasteiger partial charge in [0.05, 0.1) is 5.25 Å². The van der Waals surface area contributed by atoms with Gasteiger partial charge in [-0.25, -0.2) is 0 Å². The molecular weight excluding hydrogens is 228 g/mol. The SMILES string of the molecule is Cc1cccc(C)c1CC(=O)C1CCCCS1. The van der Waals surface area contributed by atoms with Crippen LogP contribution < -0.4 is 0 Å². The quantitative estimate of drug-likeness (QED) is 0.811. The van der Waals surface area contributed by atoms with Crippen molar-refractivity contribution in [1.82, 2.24) is 0 Å². The van der Waals surface area contributed by atoms with Gasteiger partial charge in [0.25, 0.3) is 0 Å². The van der Waals surface area contributed by atoms with Crippen molar-refractivity contribution in [3.05, 3.63) is 34.9 Å². The molecule has 1 aliphatic rings. The van der Waals surface area contributed by atoms with Crippen LogP contribution in [0.1, 0.15) is 36.0 Å². The lowest BCUT2D eigenvalue weighted by atomic mass is 9.96. The monoisotopic (exact) mass is 248 g/mol. The molecule has 2 rings (SSSR count). The smallest absolute Gasteiger partial charge is 0.150 e. The molecule has 2 heteroatoms. The summed E-state index contributed by atoms with van der Waals surface area (Å²) in [5, 5.41) is 0.253. The van der Waals surface area contributed by atoms with Crippen molar-refractivity contribution in [3.8, 4) is 0 Å². The number of ketones is 1. The molecule has 1 aliphatic heterocycles. The Labute approximate surface area is 108 Å². The Bertz CT molecular complexity index is 385. The average molecular weight is 248 g/mol. The highest BCUT2D eigenvalue weighted by Crippen LogP contribution is 2.27. The van der Waals surface area contributed by atoms with Gasteiger partial charge in [0.15, 0.2) is 0 Å². The van der Waals surface area contributed by atoms with Crippen molar-refractivity contribution in [2.45, 2.75) is 44.8 Å². The van der Waals surface area contributed by atoms with Crippen molar-refractivity contribution in [2.24, 2.45) is 0 Å². The molecule has 0 aromatic heterocycles. The van der Waals surface area contributed by atoms with Crippen molar-refractivity contribution in [3.63, 3.8) is 0 Å². The van der Waals surface area contributed by atoms with Gasteiger partial charge in [-0.15, -0.1) is 0 Å². The first kappa shape index (κ1) is 12.7. The zero-order valence-electron chi connectivity index (χ0n) is 10.7. The summed E-state index contributed by atoms with van der Waals surface area (Å²) in [5.41, 5.74) is 3.74. The van der Waals surface area contributed by atoms with Crippen molar-refractivity contribution in [2.75, 3.05) is 5.75 Å². The number of hydrogen-bond donors (Lipinski definition) is 0. The second-order valence-electron chi connectivity index (χ2n) is 4.87. The van der Waals surface area contributed by atoms with E-state index in [0.29, 0.717) is 12.2 Å². The topological polar surface area (TPSA) is 17.1 Å². The summed E-state index contributed by atoms with van der Waals surface area (Å²) in [5.74, 6) is 1.58. The highest BCUT2D eigenvalue weighted by molar-refractivity contribution is 8.00. The van der Waals surface area contributed by atoms with Crippen LogP contribution in [-0.4, -0.2) is 16.8 Å². The third-order valence-corrected chi connectivity index (χ3v) is 4.96. The van der Waals surface area contributed by atoms with E-state index in [-0.39, 0.29) is 5.25 Å². The van der Waals surface area contributed by atoms with Crippen LogP contribution in [0.5, 0.6) is 0 Å². The molecule has 0 bridgehead atoms. The third-order valence-electron chi connectivity index (χ3n) is 3.53. The summed E-state index contributed by atoms with van der Waals surface area (Å²) in [4.78, 5) is 12.3. The lowest BCUT2D eigenvalue weighted by Gasteiger charge is -2.20. The minimum atomic E-state index is 0.253. The van der Waals surface area contributed by atoms with Gasteiger partial charge in [-0.2, -0.15) is 11.8 Å². The van der Waals surface area contributed by atoms with E-state index in [9.17, 15) is 4.79 Å². The van der Waals surface area contributed by atoms with Crippen molar-refractivity contribution < 1.29 is 4.79 Å². The Morgan fingerprint density at radius 3 is 2.59 bits per heavy atom. The number of rotatable bonds is 3. The van der Waals surface area contributed by atoms with E-state index in [1.807, 2.05) is 11.8 Å². The Morgan fingerprint density at radius 2 is 2.00 bits per heavy atom. The Balaban J connectivity index is 2.07. The predicted octanol–water partition coefficient (Wildman–Crippen LogP) is 3.70. The van der Waals surface area contributed by atoms with E-state index < -0.39 is 0 Å². The Morgan fingerprint density at radius 1 is 1.29 bits per heavy atom. The first-order valence-electron chi connectivity index (χ1n) is 6.38. The zero-order valence-corrected chi connectivity index (χ0v) is 11.5. The second kappa shape index (κ2) is 5.72. The van der Waals surface area contributed by atoms with Gasteiger partial charge in [0.2, 0.25) is 0 Å². The summed E-state index contributed by atoms with van der Waals surface area (Å²) in [6, 6.07) is 6.27. The van der Waals surface area contributed by atoms with Gasteiger partial charge in [-0.3, -0.25) is 4.79 Å². The molecule has 1 aromatic carbocycles. The number of hydrogen-bond acceptors (Lipinski definition) is 2. The van der Waals surface area contributed by atoms with Crippen LogP contribution in [0.3, 0.4) is 0 Å². The van der Waals surface area contributed by atoms with E-state index in [2.05, 4.69) is 32.0 Å². The molecular formula is C15H20OS. The molecule has 1 aromatic rings. The maximum atomic E-state index is 12.3. The molecule has 92 valence electrons. The van der Waals surface area contributed by atoms with Crippen LogP contribution in [0.15, 0.2) is 18.2 Å². The highest BCUT2D eigenvalue weighted by Gasteiger charge is 2.22. The lowest BCUT2D eigenvalue weighted by Crippen LogP contribution is -2.23. The molecule has 0 saturated carbocycles. The molecule has 1 heterocycles. The molecule has 0 radical (unpaired) electrons. The van der Waals surface area contributed by atoms with Crippen LogP contribution in [-0.2, 0) is 11.2 Å². The molecule has 1 atom stereocenters. The fourth-order valence-corrected chi connectivity index (χ4v) is 3.67. The summed E-state index contributed by atoms with van der Waals surface area (Å²) in [6.07, 6.45) is 4.19. The lowest BCUT2D eigenvalue weighted by molar-refractivity contribution is -0.118. The molecule has 17 heavy (non-hydrogen) atoms. The minimum Gasteiger partial charge on any atom is -0.298 e. The second-order valence-corrected chi connectivity index (χ2v) is 6.18. The zero-order chi connectivity index (χ0) is 12.3. The molecule has 1 unspecified atom stereocenters.